The molecule has 0 fully saturated rings. The van der Waals surface area contributed by atoms with Crippen LogP contribution in [0.3, 0.4) is 0 Å². The number of benzene rings is 2. The summed E-state index contributed by atoms with van der Waals surface area (Å²) in [5, 5.41) is 3.06. The van der Waals surface area contributed by atoms with Crippen LogP contribution in [0.2, 0.25) is 5.02 Å². The molecule has 29 heavy (non-hydrogen) atoms. The van der Waals surface area contributed by atoms with Gasteiger partial charge in [0, 0.05) is 7.05 Å². The first kappa shape index (κ1) is 23.2. The van der Waals surface area contributed by atoms with Crippen LogP contribution in [0, 0.1) is 20.8 Å². The highest BCUT2D eigenvalue weighted by molar-refractivity contribution is 7.89. The van der Waals surface area contributed by atoms with Crippen LogP contribution in [0.5, 0.6) is 5.75 Å². The fourth-order valence-electron chi connectivity index (χ4n) is 3.09. The number of ether oxygens (including phenoxy) is 1. The van der Waals surface area contributed by atoms with Crippen LogP contribution in [0.1, 0.15) is 35.2 Å². The SMILES string of the molecule is COc1ccc(S(=O)(=O)N(C)CC(=O)NC(C)c2cc(C)c(C)cc2C)cc1Cl. The van der Waals surface area contributed by atoms with E-state index in [4.69, 9.17) is 16.3 Å². The van der Waals surface area contributed by atoms with E-state index in [0.717, 1.165) is 21.0 Å². The maximum atomic E-state index is 12.8. The third kappa shape index (κ3) is 5.29. The number of halogens is 1. The Balaban J connectivity index is 2.11. The molecule has 1 unspecified atom stereocenters. The Morgan fingerprint density at radius 3 is 2.34 bits per heavy atom. The van der Waals surface area contributed by atoms with Crippen molar-refractivity contribution in [1.29, 1.82) is 0 Å². The van der Waals surface area contributed by atoms with Crippen LogP contribution in [-0.2, 0) is 14.8 Å². The van der Waals surface area contributed by atoms with E-state index >= 15 is 0 Å². The van der Waals surface area contributed by atoms with E-state index in [-0.39, 0.29) is 28.4 Å². The van der Waals surface area contributed by atoms with E-state index < -0.39 is 10.0 Å². The summed E-state index contributed by atoms with van der Waals surface area (Å²) in [5.41, 5.74) is 4.42. The fraction of sp³-hybridized carbons (Fsp3) is 0.381. The zero-order valence-electron chi connectivity index (χ0n) is 17.5. The minimum Gasteiger partial charge on any atom is -0.495 e. The first-order chi connectivity index (χ1) is 13.5. The number of aryl methyl sites for hydroxylation is 3. The normalized spacial score (nSPS) is 12.7. The summed E-state index contributed by atoms with van der Waals surface area (Å²) in [7, 11) is -1.06. The van der Waals surface area contributed by atoms with E-state index in [1.54, 1.807) is 0 Å². The Morgan fingerprint density at radius 1 is 1.14 bits per heavy atom. The number of nitrogens with zero attached hydrogens (tertiary/aromatic N) is 1. The minimum atomic E-state index is -3.87. The first-order valence-corrected chi connectivity index (χ1v) is 11.0. The smallest absolute Gasteiger partial charge is 0.243 e. The van der Waals surface area contributed by atoms with Crippen molar-refractivity contribution in [1.82, 2.24) is 9.62 Å². The Morgan fingerprint density at radius 2 is 1.76 bits per heavy atom. The lowest BCUT2D eigenvalue weighted by molar-refractivity contribution is -0.121. The molecule has 0 aromatic heterocycles. The van der Waals surface area contributed by atoms with Crippen molar-refractivity contribution in [3.8, 4) is 5.75 Å². The topological polar surface area (TPSA) is 75.7 Å². The summed E-state index contributed by atoms with van der Waals surface area (Å²) in [6.07, 6.45) is 0. The van der Waals surface area contributed by atoms with Crippen molar-refractivity contribution < 1.29 is 17.9 Å². The van der Waals surface area contributed by atoms with Gasteiger partial charge < -0.3 is 10.1 Å². The number of amides is 1. The molecule has 0 saturated carbocycles. The second-order valence-corrected chi connectivity index (χ2v) is 9.59. The van der Waals surface area contributed by atoms with E-state index in [2.05, 4.69) is 17.4 Å². The molecular formula is C21H27ClN2O4S. The third-order valence-corrected chi connectivity index (χ3v) is 7.02. The van der Waals surface area contributed by atoms with Gasteiger partial charge in [-0.25, -0.2) is 8.42 Å². The number of hydrogen-bond acceptors (Lipinski definition) is 4. The van der Waals surface area contributed by atoms with Crippen LogP contribution in [-0.4, -0.2) is 39.3 Å². The molecule has 158 valence electrons. The molecule has 0 heterocycles. The Hall–Kier alpha value is -2.09. The van der Waals surface area contributed by atoms with Crippen LogP contribution in [0.25, 0.3) is 0 Å². The number of sulfonamides is 1. The maximum Gasteiger partial charge on any atom is 0.243 e. The Bertz CT molecular complexity index is 1020. The number of likely N-dealkylation sites (N-methyl/N-ethyl adjacent to an activating group) is 1. The molecule has 1 atom stereocenters. The predicted molar refractivity (Wildman–Crippen MR) is 115 cm³/mol. The summed E-state index contributed by atoms with van der Waals surface area (Å²) in [5.74, 6) is -0.00981. The average Bonchev–Trinajstić information content (AvgIpc) is 2.64. The molecule has 0 radical (unpaired) electrons. The van der Waals surface area contributed by atoms with Gasteiger partial charge in [0.15, 0.2) is 0 Å². The van der Waals surface area contributed by atoms with E-state index in [0.29, 0.717) is 5.75 Å². The highest BCUT2D eigenvalue weighted by Gasteiger charge is 2.25. The Kier molecular flexibility index (Phi) is 7.32. The predicted octanol–water partition coefficient (Wildman–Crippen LogP) is 3.77. The molecule has 8 heteroatoms. The summed E-state index contributed by atoms with van der Waals surface area (Å²) in [6, 6.07) is 8.08. The molecule has 6 nitrogen and oxygen atoms in total. The van der Waals surface area contributed by atoms with Crippen molar-refractivity contribution in [2.45, 2.75) is 38.6 Å². The van der Waals surface area contributed by atoms with Gasteiger partial charge in [0.2, 0.25) is 15.9 Å². The van der Waals surface area contributed by atoms with Crippen LogP contribution in [0.4, 0.5) is 0 Å². The minimum absolute atomic E-state index is 0.00310. The molecule has 1 N–H and O–H groups in total. The summed E-state index contributed by atoms with van der Waals surface area (Å²) < 4.78 is 31.6. The summed E-state index contributed by atoms with van der Waals surface area (Å²) in [4.78, 5) is 12.5. The molecule has 0 aliphatic rings. The fourth-order valence-corrected chi connectivity index (χ4v) is 4.57. The van der Waals surface area contributed by atoms with Gasteiger partial charge in [-0.05, 0) is 68.1 Å². The number of rotatable bonds is 7. The number of carbonyl (C=O) groups is 1. The lowest BCUT2D eigenvalue weighted by Crippen LogP contribution is -2.39. The number of hydrogen-bond donors (Lipinski definition) is 1. The Labute approximate surface area is 177 Å². The lowest BCUT2D eigenvalue weighted by atomic mass is 9.96. The van der Waals surface area contributed by atoms with Gasteiger partial charge in [-0.3, -0.25) is 4.79 Å². The maximum absolute atomic E-state index is 12.8. The van der Waals surface area contributed by atoms with Crippen LogP contribution >= 0.6 is 11.6 Å². The van der Waals surface area contributed by atoms with Crippen molar-refractivity contribution in [2.75, 3.05) is 20.7 Å². The van der Waals surface area contributed by atoms with Gasteiger partial charge in [-0.1, -0.05) is 23.7 Å². The number of nitrogens with one attached hydrogen (secondary N) is 1. The van der Waals surface area contributed by atoms with Crippen molar-refractivity contribution in [3.05, 3.63) is 57.6 Å². The van der Waals surface area contributed by atoms with Gasteiger partial charge in [0.25, 0.3) is 0 Å². The summed E-state index contributed by atoms with van der Waals surface area (Å²) in [6.45, 7) is 7.63. The lowest BCUT2D eigenvalue weighted by Gasteiger charge is -2.21. The van der Waals surface area contributed by atoms with E-state index in [9.17, 15) is 13.2 Å². The second kappa shape index (κ2) is 9.15. The monoisotopic (exact) mass is 438 g/mol. The molecule has 2 aromatic rings. The van der Waals surface area contributed by atoms with Crippen molar-refractivity contribution in [3.63, 3.8) is 0 Å². The van der Waals surface area contributed by atoms with E-state index in [1.165, 1.54) is 37.9 Å². The van der Waals surface area contributed by atoms with Gasteiger partial charge in [-0.15, -0.1) is 0 Å². The highest BCUT2D eigenvalue weighted by atomic mass is 35.5. The molecule has 0 aliphatic heterocycles. The molecule has 0 spiro atoms. The molecule has 2 rings (SSSR count). The third-order valence-electron chi connectivity index (χ3n) is 4.92. The first-order valence-electron chi connectivity index (χ1n) is 9.14. The quantitative estimate of drug-likeness (QED) is 0.713. The van der Waals surface area contributed by atoms with Gasteiger partial charge in [0.05, 0.1) is 29.6 Å². The van der Waals surface area contributed by atoms with Crippen LogP contribution < -0.4 is 10.1 Å². The van der Waals surface area contributed by atoms with Crippen molar-refractivity contribution in [2.24, 2.45) is 0 Å². The van der Waals surface area contributed by atoms with Gasteiger partial charge in [-0.2, -0.15) is 4.31 Å². The largest absolute Gasteiger partial charge is 0.495 e. The number of carbonyl (C=O) groups excluding carboxylic acids is 1. The van der Waals surface area contributed by atoms with E-state index in [1.807, 2.05) is 27.7 Å². The zero-order chi connectivity index (χ0) is 21.9. The number of methoxy groups -OCH3 is 1. The van der Waals surface area contributed by atoms with Gasteiger partial charge >= 0.3 is 0 Å². The summed E-state index contributed by atoms with van der Waals surface area (Å²) >= 11 is 6.03. The highest BCUT2D eigenvalue weighted by Crippen LogP contribution is 2.28. The van der Waals surface area contributed by atoms with Gasteiger partial charge in [0.1, 0.15) is 5.75 Å². The molecule has 0 bridgehead atoms. The zero-order valence-corrected chi connectivity index (χ0v) is 19.1. The standard InChI is InChI=1S/C21H27ClN2O4S/c1-13-9-15(3)18(10-14(13)2)16(4)23-21(25)12-24(5)29(26,27)17-7-8-20(28-6)19(22)11-17/h7-11,16H,12H2,1-6H3,(H,23,25). The average molecular weight is 439 g/mol. The molecule has 2 aromatic carbocycles. The van der Waals surface area contributed by atoms with Crippen molar-refractivity contribution >= 4 is 27.5 Å². The molecule has 1 amide bonds. The molecule has 0 aliphatic carbocycles. The van der Waals surface area contributed by atoms with Crippen LogP contribution in [0.15, 0.2) is 35.2 Å². The molecular weight excluding hydrogens is 412 g/mol. The second-order valence-electron chi connectivity index (χ2n) is 7.14. The molecule has 0 saturated heterocycles.